The first kappa shape index (κ1) is 12.9. The maximum atomic E-state index is 12.2. The van der Waals surface area contributed by atoms with E-state index in [0.717, 1.165) is 17.4 Å². The van der Waals surface area contributed by atoms with E-state index in [2.05, 4.69) is 48.8 Å². The van der Waals surface area contributed by atoms with E-state index in [9.17, 15) is 5.21 Å². The lowest BCUT2D eigenvalue weighted by molar-refractivity contribution is -0.874. The Balaban J connectivity index is 2.85. The molecule has 0 N–H and O–H groups in total. The van der Waals surface area contributed by atoms with Gasteiger partial charge in [-0.1, -0.05) is 0 Å². The Kier molecular flexibility index (Phi) is 2.97. The van der Waals surface area contributed by atoms with Crippen LogP contribution >= 0.6 is 0 Å². The minimum Gasteiger partial charge on any atom is -0.331 e. The minimum atomic E-state index is -0.227. The lowest BCUT2D eigenvalue weighted by atomic mass is 9.86. The zero-order valence-electron chi connectivity index (χ0n) is 11.3. The van der Waals surface area contributed by atoms with Crippen LogP contribution in [-0.4, -0.2) is 48.3 Å². The molecule has 3 heteroatoms. The molecular weight excluding hydrogens is 188 g/mol. The number of quaternary nitrogens is 1. The topological polar surface area (TPSA) is 23.1 Å². The molecule has 1 fully saturated rings. The predicted molar refractivity (Wildman–Crippen MR) is 61.7 cm³/mol. The summed E-state index contributed by atoms with van der Waals surface area (Å²) in [5, 5.41) is 13.5. The zero-order chi connectivity index (χ0) is 12.1. The van der Waals surface area contributed by atoms with Crippen molar-refractivity contribution < 1.29 is 9.69 Å². The molecule has 1 rings (SSSR count). The third kappa shape index (κ3) is 2.52. The standard InChI is InChI=1S/C12H26N2O/c1-11(2)8-10(9-14(5,6)7)12(3,4)13(11)15/h10H,8-9H2,1-7H3/q+1. The van der Waals surface area contributed by atoms with Gasteiger partial charge in [0.1, 0.15) is 0 Å². The van der Waals surface area contributed by atoms with Gasteiger partial charge >= 0.3 is 0 Å². The highest BCUT2D eigenvalue weighted by atomic mass is 16.5. The van der Waals surface area contributed by atoms with E-state index in [1.54, 1.807) is 0 Å². The summed E-state index contributed by atoms with van der Waals surface area (Å²) in [7, 11) is 6.57. The summed E-state index contributed by atoms with van der Waals surface area (Å²) < 4.78 is 0.929. The molecule has 0 spiro atoms. The van der Waals surface area contributed by atoms with E-state index < -0.39 is 0 Å². The molecule has 1 aliphatic rings. The molecule has 1 unspecified atom stereocenters. The van der Waals surface area contributed by atoms with Crippen molar-refractivity contribution in [1.82, 2.24) is 5.06 Å². The summed E-state index contributed by atoms with van der Waals surface area (Å²) in [6, 6.07) is 0. The number of hydrogen-bond acceptors (Lipinski definition) is 1. The number of rotatable bonds is 2. The second-order valence-corrected chi connectivity index (χ2v) is 7.13. The van der Waals surface area contributed by atoms with Crippen LogP contribution in [0.4, 0.5) is 0 Å². The van der Waals surface area contributed by atoms with Crippen molar-refractivity contribution >= 4 is 0 Å². The van der Waals surface area contributed by atoms with Crippen molar-refractivity contribution in [2.24, 2.45) is 5.92 Å². The second kappa shape index (κ2) is 3.44. The predicted octanol–water partition coefficient (Wildman–Crippen LogP) is 1.92. The maximum Gasteiger partial charge on any atom is 0.0828 e. The van der Waals surface area contributed by atoms with Crippen LogP contribution in [0.1, 0.15) is 34.1 Å². The van der Waals surface area contributed by atoms with Crippen LogP contribution in [0.3, 0.4) is 0 Å². The number of nitrogens with zero attached hydrogens (tertiary/aromatic N) is 2. The molecule has 0 aromatic heterocycles. The van der Waals surface area contributed by atoms with E-state index in [4.69, 9.17) is 0 Å². The molecule has 15 heavy (non-hydrogen) atoms. The van der Waals surface area contributed by atoms with Gasteiger partial charge in [0.15, 0.2) is 0 Å². The SMILES string of the molecule is CC1(C)CC(C[N+](C)(C)C)C(C)(C)N1[O]. The van der Waals surface area contributed by atoms with Gasteiger partial charge in [-0.3, -0.25) is 0 Å². The van der Waals surface area contributed by atoms with E-state index in [1.165, 1.54) is 5.06 Å². The molecule has 1 radical (unpaired) electrons. The molecule has 0 saturated carbocycles. The summed E-state index contributed by atoms with van der Waals surface area (Å²) in [5.74, 6) is 0.477. The average Bonchev–Trinajstić information content (AvgIpc) is 2.09. The summed E-state index contributed by atoms with van der Waals surface area (Å²) in [4.78, 5) is 0. The van der Waals surface area contributed by atoms with Crippen LogP contribution in [-0.2, 0) is 5.21 Å². The first-order chi connectivity index (χ1) is 6.47. The van der Waals surface area contributed by atoms with Gasteiger partial charge in [0.05, 0.1) is 33.2 Å². The highest BCUT2D eigenvalue weighted by molar-refractivity contribution is 5.01. The van der Waals surface area contributed by atoms with Gasteiger partial charge in [0.25, 0.3) is 0 Å². The van der Waals surface area contributed by atoms with Gasteiger partial charge in [-0.25, -0.2) is 0 Å². The second-order valence-electron chi connectivity index (χ2n) is 7.13. The molecule has 0 aromatic rings. The van der Waals surface area contributed by atoms with Crippen LogP contribution in [0.5, 0.6) is 0 Å². The third-order valence-electron chi connectivity index (χ3n) is 3.59. The van der Waals surface area contributed by atoms with Crippen molar-refractivity contribution in [2.45, 2.75) is 45.2 Å². The monoisotopic (exact) mass is 214 g/mol. The summed E-state index contributed by atoms with van der Waals surface area (Å²) in [5.41, 5.74) is -0.432. The van der Waals surface area contributed by atoms with Crippen LogP contribution < -0.4 is 0 Å². The van der Waals surface area contributed by atoms with Crippen molar-refractivity contribution in [3.8, 4) is 0 Å². The molecule has 0 bridgehead atoms. The van der Waals surface area contributed by atoms with Gasteiger partial charge in [-0.05, 0) is 34.1 Å². The smallest absolute Gasteiger partial charge is 0.0828 e. The lowest BCUT2D eigenvalue weighted by Gasteiger charge is -2.36. The van der Waals surface area contributed by atoms with E-state index >= 15 is 0 Å². The quantitative estimate of drug-likeness (QED) is 0.644. The normalized spacial score (nSPS) is 30.8. The molecule has 3 nitrogen and oxygen atoms in total. The van der Waals surface area contributed by atoms with Gasteiger partial charge in [-0.2, -0.15) is 0 Å². The summed E-state index contributed by atoms with van der Waals surface area (Å²) in [6.45, 7) is 9.33. The fourth-order valence-electron chi connectivity index (χ4n) is 2.83. The molecule has 1 aliphatic heterocycles. The van der Waals surface area contributed by atoms with Gasteiger partial charge < -0.3 is 4.48 Å². The Morgan fingerprint density at radius 3 is 1.93 bits per heavy atom. The van der Waals surface area contributed by atoms with Crippen molar-refractivity contribution in [1.29, 1.82) is 0 Å². The Labute approximate surface area is 94.2 Å². The molecule has 1 saturated heterocycles. The minimum absolute atomic E-state index is 0.205. The number of hydrogen-bond donors (Lipinski definition) is 0. The third-order valence-corrected chi connectivity index (χ3v) is 3.59. The lowest BCUT2D eigenvalue weighted by Crippen LogP contribution is -2.49. The highest BCUT2D eigenvalue weighted by Gasteiger charge is 2.53. The van der Waals surface area contributed by atoms with E-state index in [-0.39, 0.29) is 11.1 Å². The molecule has 1 atom stereocenters. The van der Waals surface area contributed by atoms with Crippen LogP contribution in [0.2, 0.25) is 0 Å². The fraction of sp³-hybridized carbons (Fsp3) is 1.00. The van der Waals surface area contributed by atoms with Gasteiger partial charge in [0, 0.05) is 11.5 Å². The first-order valence-electron chi connectivity index (χ1n) is 5.75. The molecule has 0 amide bonds. The van der Waals surface area contributed by atoms with Gasteiger partial charge in [-0.15, -0.1) is 10.3 Å². The zero-order valence-corrected chi connectivity index (χ0v) is 11.3. The summed E-state index contributed by atoms with van der Waals surface area (Å²) >= 11 is 0. The van der Waals surface area contributed by atoms with E-state index in [0.29, 0.717) is 5.92 Å². The van der Waals surface area contributed by atoms with E-state index in [1.807, 2.05) is 0 Å². The van der Waals surface area contributed by atoms with Crippen molar-refractivity contribution in [2.75, 3.05) is 27.7 Å². The average molecular weight is 214 g/mol. The van der Waals surface area contributed by atoms with Crippen LogP contribution in [0.15, 0.2) is 0 Å². The molecule has 0 aromatic carbocycles. The van der Waals surface area contributed by atoms with Crippen LogP contribution in [0, 0.1) is 5.92 Å². The van der Waals surface area contributed by atoms with Crippen LogP contribution in [0.25, 0.3) is 0 Å². The molecule has 89 valence electrons. The first-order valence-corrected chi connectivity index (χ1v) is 5.75. The summed E-state index contributed by atoms with van der Waals surface area (Å²) in [6.07, 6.45) is 0.999. The van der Waals surface area contributed by atoms with Crippen molar-refractivity contribution in [3.05, 3.63) is 0 Å². The largest absolute Gasteiger partial charge is 0.331 e. The molecule has 1 heterocycles. The molecular formula is C12H26N2O+. The Morgan fingerprint density at radius 2 is 1.67 bits per heavy atom. The Hall–Kier alpha value is -0.120. The van der Waals surface area contributed by atoms with Crippen molar-refractivity contribution in [3.63, 3.8) is 0 Å². The Morgan fingerprint density at radius 1 is 1.20 bits per heavy atom. The fourth-order valence-corrected chi connectivity index (χ4v) is 2.83. The number of hydroxylamine groups is 2. The molecule has 0 aliphatic carbocycles. The Bertz CT molecular complexity index is 238. The maximum absolute atomic E-state index is 12.2. The highest BCUT2D eigenvalue weighted by Crippen LogP contribution is 2.44. The van der Waals surface area contributed by atoms with Gasteiger partial charge in [0.2, 0.25) is 0 Å².